The van der Waals surface area contributed by atoms with Crippen molar-refractivity contribution in [2.24, 2.45) is 0 Å². The summed E-state index contributed by atoms with van der Waals surface area (Å²) in [6.45, 7) is 0. The Morgan fingerprint density at radius 3 is 0.657 bits per heavy atom. The molecule has 0 saturated heterocycles. The minimum atomic E-state index is -6.82. The maximum absolute atomic E-state index is 12.9. The molecule has 0 heterocycles. The van der Waals surface area contributed by atoms with Gasteiger partial charge in [-0.25, -0.2) is 14.2 Å². The largest absolute Gasteiger partial charge is 0.543 e. The van der Waals surface area contributed by atoms with Gasteiger partial charge in [-0.2, -0.15) is 35.8 Å². The van der Waals surface area contributed by atoms with Crippen LogP contribution in [0.4, 0.5) is 79.0 Å². The number of alkyl halides is 12. The first-order chi connectivity index (χ1) is 15.2. The van der Waals surface area contributed by atoms with Crippen LogP contribution in [0.2, 0.25) is 0 Å². The summed E-state index contributed by atoms with van der Waals surface area (Å²) in [5.74, 6) is 0. The van der Waals surface area contributed by atoms with Crippen LogP contribution in [0.3, 0.4) is 0 Å². The van der Waals surface area contributed by atoms with Crippen LogP contribution in [0, 0.1) is 0 Å². The fraction of sp³-hybridized carbons (Fsp3) is 0.600. The standard InChI is InChI=1S/C10F18O7/c11-1(12)3(15)29-5(17,18)31-7(21,22)33-9(25,26)35-10(27,28)34-8(23,24)32-6(19,20)30-4(16)2(13)14. The molecular weight excluding hydrogens is 574 g/mol. The van der Waals surface area contributed by atoms with Gasteiger partial charge < -0.3 is 9.47 Å². The van der Waals surface area contributed by atoms with E-state index in [4.69, 9.17) is 0 Å². The second kappa shape index (κ2) is 10.7. The van der Waals surface area contributed by atoms with Gasteiger partial charge in [0.25, 0.3) is 0 Å². The summed E-state index contributed by atoms with van der Waals surface area (Å²) in [7, 11) is 0. The number of hydrogen-bond donors (Lipinski definition) is 0. The summed E-state index contributed by atoms with van der Waals surface area (Å²) in [5.41, 5.74) is 0. The minimum absolute atomic E-state index is 1.76. The van der Waals surface area contributed by atoms with E-state index < -0.39 is 62.0 Å². The molecule has 0 aliphatic rings. The highest BCUT2D eigenvalue weighted by Crippen LogP contribution is 2.41. The van der Waals surface area contributed by atoms with Gasteiger partial charge in [-0.3, -0.25) is 0 Å². The van der Waals surface area contributed by atoms with Gasteiger partial charge >= 0.3 is 62.0 Å². The lowest BCUT2D eigenvalue weighted by Gasteiger charge is -2.28. The van der Waals surface area contributed by atoms with Crippen molar-refractivity contribution in [3.63, 3.8) is 0 Å². The van der Waals surface area contributed by atoms with Crippen molar-refractivity contribution >= 4 is 0 Å². The van der Waals surface area contributed by atoms with Crippen LogP contribution in [-0.2, 0) is 33.2 Å². The highest BCUT2D eigenvalue weighted by Gasteiger charge is 2.62. The van der Waals surface area contributed by atoms with Crippen LogP contribution < -0.4 is 0 Å². The number of hydrogen-bond acceptors (Lipinski definition) is 7. The van der Waals surface area contributed by atoms with E-state index >= 15 is 0 Å². The average Bonchev–Trinajstić information content (AvgIpc) is 2.46. The summed E-state index contributed by atoms with van der Waals surface area (Å²) in [4.78, 5) is 0. The van der Waals surface area contributed by atoms with E-state index in [9.17, 15) is 79.0 Å². The van der Waals surface area contributed by atoms with Gasteiger partial charge in [0.05, 0.1) is 0 Å². The van der Waals surface area contributed by atoms with E-state index in [0.29, 0.717) is 0 Å². The van der Waals surface area contributed by atoms with Gasteiger partial charge in [-0.15, -0.1) is 52.7 Å². The van der Waals surface area contributed by atoms with Crippen molar-refractivity contribution in [2.75, 3.05) is 0 Å². The Bertz CT molecular complexity index is 723. The number of ether oxygens (including phenoxy) is 7. The Kier molecular flexibility index (Phi) is 9.98. The Morgan fingerprint density at radius 1 is 0.314 bits per heavy atom. The Balaban J connectivity index is 5.35. The monoisotopic (exact) mass is 574 g/mol. The molecular formula is C10F18O7. The molecule has 0 spiro atoms. The lowest BCUT2D eigenvalue weighted by atomic mass is 10.9. The molecule has 0 amide bonds. The van der Waals surface area contributed by atoms with Gasteiger partial charge in [0.2, 0.25) is 0 Å². The molecule has 25 heteroatoms. The number of rotatable bonds is 14. The van der Waals surface area contributed by atoms with E-state index in [-0.39, 0.29) is 0 Å². The highest BCUT2D eigenvalue weighted by molar-refractivity contribution is 4.81. The van der Waals surface area contributed by atoms with Crippen molar-refractivity contribution in [2.45, 2.75) is 37.8 Å². The third-order valence-electron chi connectivity index (χ3n) is 1.90. The van der Waals surface area contributed by atoms with Crippen molar-refractivity contribution in [1.29, 1.82) is 0 Å². The van der Waals surface area contributed by atoms with Crippen molar-refractivity contribution in [1.82, 2.24) is 0 Å². The van der Waals surface area contributed by atoms with Gasteiger partial charge in [0.1, 0.15) is 0 Å². The molecule has 0 aliphatic heterocycles. The molecule has 0 aromatic heterocycles. The first-order valence-electron chi connectivity index (χ1n) is 6.76. The third-order valence-corrected chi connectivity index (χ3v) is 1.90. The van der Waals surface area contributed by atoms with Crippen molar-refractivity contribution < 1.29 is 112 Å². The van der Waals surface area contributed by atoms with Gasteiger partial charge in [0, 0.05) is 0 Å². The molecule has 0 aromatic carbocycles. The van der Waals surface area contributed by atoms with Gasteiger partial charge in [-0.05, 0) is 0 Å². The summed E-state index contributed by atoms with van der Waals surface area (Å²) >= 11 is 0. The molecule has 0 aromatic rings. The zero-order valence-electron chi connectivity index (χ0n) is 14.7. The van der Waals surface area contributed by atoms with Crippen LogP contribution in [-0.4, -0.2) is 37.8 Å². The topological polar surface area (TPSA) is 64.6 Å². The summed E-state index contributed by atoms with van der Waals surface area (Å²) in [6, 6.07) is -7.25. The van der Waals surface area contributed by atoms with E-state index in [1.54, 1.807) is 14.2 Å². The maximum atomic E-state index is 12.9. The second-order valence-electron chi connectivity index (χ2n) is 4.56. The summed E-state index contributed by atoms with van der Waals surface area (Å²) < 4.78 is 237. The highest BCUT2D eigenvalue weighted by atomic mass is 19.3. The Labute approximate surface area is 175 Å². The predicted octanol–water partition coefficient (Wildman–Crippen LogP) is 6.47. The fourth-order valence-corrected chi connectivity index (χ4v) is 1.10. The molecule has 0 unspecified atom stereocenters. The molecule has 208 valence electrons. The van der Waals surface area contributed by atoms with Crippen LogP contribution in [0.5, 0.6) is 0 Å². The van der Waals surface area contributed by atoms with E-state index in [1.807, 2.05) is 9.47 Å². The van der Waals surface area contributed by atoms with Crippen molar-refractivity contribution in [3.8, 4) is 0 Å². The van der Waals surface area contributed by atoms with Crippen LogP contribution in [0.15, 0.2) is 24.2 Å². The molecule has 0 rings (SSSR count). The quantitative estimate of drug-likeness (QED) is 0.134. The van der Waals surface area contributed by atoms with Crippen LogP contribution in [0.1, 0.15) is 0 Å². The average molecular weight is 574 g/mol. The molecule has 0 N–H and O–H groups in total. The van der Waals surface area contributed by atoms with Crippen molar-refractivity contribution in [3.05, 3.63) is 24.2 Å². The van der Waals surface area contributed by atoms with E-state index in [1.165, 1.54) is 0 Å². The minimum Gasteiger partial charge on any atom is -0.378 e. The van der Waals surface area contributed by atoms with E-state index in [2.05, 4.69) is 9.47 Å². The summed E-state index contributed by atoms with van der Waals surface area (Å²) in [5, 5.41) is 0. The molecule has 0 atom stereocenters. The maximum Gasteiger partial charge on any atom is 0.543 e. The first kappa shape index (κ1) is 32.6. The second-order valence-corrected chi connectivity index (χ2v) is 4.56. The third kappa shape index (κ3) is 13.3. The first-order valence-corrected chi connectivity index (χ1v) is 6.76. The lowest BCUT2D eigenvalue weighted by molar-refractivity contribution is -0.633. The number of halogens is 18. The van der Waals surface area contributed by atoms with Crippen LogP contribution in [0.25, 0.3) is 0 Å². The van der Waals surface area contributed by atoms with Gasteiger partial charge in [-0.1, -0.05) is 0 Å². The molecule has 35 heavy (non-hydrogen) atoms. The van der Waals surface area contributed by atoms with Crippen LogP contribution >= 0.6 is 0 Å². The Hall–Kier alpha value is -2.38. The zero-order chi connectivity index (χ0) is 28.3. The molecule has 7 nitrogen and oxygen atoms in total. The normalized spacial score (nSPS) is 14.0. The lowest BCUT2D eigenvalue weighted by Crippen LogP contribution is -2.48. The molecule has 0 saturated carbocycles. The van der Waals surface area contributed by atoms with E-state index in [0.717, 1.165) is 0 Å². The SMILES string of the molecule is FC(F)=C(F)OC(F)(F)OC(F)(F)OC(F)(F)OC(F)(F)OC(F)(F)OC(F)(F)OC(F)=C(F)F. The molecule has 0 aliphatic carbocycles. The smallest absolute Gasteiger partial charge is 0.378 e. The molecule has 0 fully saturated rings. The fourth-order valence-electron chi connectivity index (χ4n) is 1.10. The Morgan fingerprint density at radius 2 is 0.486 bits per heavy atom. The molecule has 0 bridgehead atoms. The van der Waals surface area contributed by atoms with Gasteiger partial charge in [0.15, 0.2) is 0 Å². The predicted molar refractivity (Wildman–Crippen MR) is 58.0 cm³/mol. The zero-order valence-corrected chi connectivity index (χ0v) is 14.7. The molecule has 0 radical (unpaired) electrons. The summed E-state index contributed by atoms with van der Waals surface area (Å²) in [6.07, 6.45) is -47.1.